The quantitative estimate of drug-likeness (QED) is 0.459. The number of rotatable bonds is 3. The molecular formula is C27H52. The SMILES string of the molecule is CCCC1CCCCCCCCCCC(C2CCCCCCCC2)CCC1. The molecule has 0 radical (unpaired) electrons. The molecule has 0 bridgehead atoms. The van der Waals surface area contributed by atoms with Crippen LogP contribution in [0.2, 0.25) is 0 Å². The van der Waals surface area contributed by atoms with Crippen molar-refractivity contribution in [3.05, 3.63) is 0 Å². The van der Waals surface area contributed by atoms with Crippen LogP contribution in [0.15, 0.2) is 0 Å². The molecule has 2 unspecified atom stereocenters. The molecule has 2 saturated carbocycles. The van der Waals surface area contributed by atoms with E-state index in [0.717, 1.165) is 17.8 Å². The van der Waals surface area contributed by atoms with Gasteiger partial charge in [0.05, 0.1) is 0 Å². The van der Waals surface area contributed by atoms with E-state index in [1.807, 2.05) is 0 Å². The van der Waals surface area contributed by atoms with Crippen LogP contribution in [-0.4, -0.2) is 0 Å². The van der Waals surface area contributed by atoms with Gasteiger partial charge in [0.2, 0.25) is 0 Å². The molecule has 2 atom stereocenters. The average molecular weight is 377 g/mol. The number of hydrogen-bond donors (Lipinski definition) is 0. The van der Waals surface area contributed by atoms with Crippen LogP contribution in [0.5, 0.6) is 0 Å². The Morgan fingerprint density at radius 1 is 0.407 bits per heavy atom. The fourth-order valence-electron chi connectivity index (χ4n) is 6.16. The van der Waals surface area contributed by atoms with Crippen molar-refractivity contribution >= 4 is 0 Å². The van der Waals surface area contributed by atoms with Crippen LogP contribution in [-0.2, 0) is 0 Å². The first-order valence-corrected chi connectivity index (χ1v) is 13.4. The lowest BCUT2D eigenvalue weighted by atomic mass is 9.78. The molecule has 0 aromatic heterocycles. The Hall–Kier alpha value is 0. The molecule has 0 spiro atoms. The minimum absolute atomic E-state index is 1.04. The topological polar surface area (TPSA) is 0 Å². The molecule has 0 aromatic rings. The molecule has 27 heavy (non-hydrogen) atoms. The first-order chi connectivity index (χ1) is 13.4. The van der Waals surface area contributed by atoms with Gasteiger partial charge in [0.15, 0.2) is 0 Å². The smallest absolute Gasteiger partial charge is 0.0386 e. The molecule has 0 aliphatic heterocycles. The maximum Gasteiger partial charge on any atom is -0.0386 e. The lowest BCUT2D eigenvalue weighted by Crippen LogP contribution is -2.16. The maximum atomic E-state index is 2.40. The number of hydrogen-bond acceptors (Lipinski definition) is 0. The predicted molar refractivity (Wildman–Crippen MR) is 122 cm³/mol. The van der Waals surface area contributed by atoms with Crippen molar-refractivity contribution in [3.8, 4) is 0 Å². The Morgan fingerprint density at radius 2 is 0.741 bits per heavy atom. The van der Waals surface area contributed by atoms with E-state index in [9.17, 15) is 0 Å². The van der Waals surface area contributed by atoms with Crippen molar-refractivity contribution in [3.63, 3.8) is 0 Å². The Bertz CT molecular complexity index is 310. The van der Waals surface area contributed by atoms with Gasteiger partial charge in [-0.15, -0.1) is 0 Å². The molecular weight excluding hydrogens is 324 g/mol. The summed E-state index contributed by atoms with van der Waals surface area (Å²) in [5.74, 6) is 3.18. The zero-order chi connectivity index (χ0) is 19.0. The first-order valence-electron chi connectivity index (χ1n) is 13.4. The third-order valence-corrected chi connectivity index (χ3v) is 7.89. The molecule has 0 saturated heterocycles. The highest BCUT2D eigenvalue weighted by molar-refractivity contribution is 4.74. The monoisotopic (exact) mass is 376 g/mol. The Labute approximate surface area is 172 Å². The second-order valence-electron chi connectivity index (χ2n) is 10.2. The molecule has 0 nitrogen and oxygen atoms in total. The van der Waals surface area contributed by atoms with Crippen LogP contribution >= 0.6 is 0 Å². The fourth-order valence-corrected chi connectivity index (χ4v) is 6.16. The van der Waals surface area contributed by atoms with Gasteiger partial charge in [0.25, 0.3) is 0 Å². The van der Waals surface area contributed by atoms with E-state index in [-0.39, 0.29) is 0 Å². The van der Waals surface area contributed by atoms with Gasteiger partial charge in [-0.05, 0) is 17.8 Å². The summed E-state index contributed by atoms with van der Waals surface area (Å²) >= 11 is 0. The largest absolute Gasteiger partial charge is 0.0654 e. The standard InChI is InChI=1S/C27H52/c1-2-18-25-19-13-9-5-3-4-6-10-16-23-27(24-17-20-25)26-21-14-11-7-8-12-15-22-26/h25-27H,2-24H2,1H3. The van der Waals surface area contributed by atoms with Crippen molar-refractivity contribution in [1.29, 1.82) is 0 Å². The van der Waals surface area contributed by atoms with Gasteiger partial charge in [-0.1, -0.05) is 155 Å². The van der Waals surface area contributed by atoms with Gasteiger partial charge in [-0.25, -0.2) is 0 Å². The highest BCUT2D eigenvalue weighted by atomic mass is 14.3. The third kappa shape index (κ3) is 10.9. The van der Waals surface area contributed by atoms with E-state index in [1.165, 1.54) is 122 Å². The van der Waals surface area contributed by atoms with E-state index in [4.69, 9.17) is 0 Å². The molecule has 0 heteroatoms. The molecule has 160 valence electrons. The lowest BCUT2D eigenvalue weighted by Gasteiger charge is -2.28. The van der Waals surface area contributed by atoms with Crippen LogP contribution in [0.25, 0.3) is 0 Å². The van der Waals surface area contributed by atoms with Crippen molar-refractivity contribution in [2.24, 2.45) is 17.8 Å². The van der Waals surface area contributed by atoms with Crippen LogP contribution in [0.1, 0.15) is 155 Å². The highest BCUT2D eigenvalue weighted by Gasteiger charge is 2.22. The molecule has 2 rings (SSSR count). The second-order valence-corrected chi connectivity index (χ2v) is 10.2. The first kappa shape index (κ1) is 23.3. The molecule has 0 N–H and O–H groups in total. The van der Waals surface area contributed by atoms with Crippen molar-refractivity contribution in [2.75, 3.05) is 0 Å². The van der Waals surface area contributed by atoms with Crippen LogP contribution < -0.4 is 0 Å². The van der Waals surface area contributed by atoms with E-state index < -0.39 is 0 Å². The third-order valence-electron chi connectivity index (χ3n) is 7.89. The van der Waals surface area contributed by atoms with Gasteiger partial charge < -0.3 is 0 Å². The van der Waals surface area contributed by atoms with Gasteiger partial charge in [0.1, 0.15) is 0 Å². The van der Waals surface area contributed by atoms with Gasteiger partial charge in [-0.2, -0.15) is 0 Å². The second kappa shape index (κ2) is 15.9. The summed E-state index contributed by atoms with van der Waals surface area (Å²) in [5, 5.41) is 0. The Balaban J connectivity index is 1.88. The lowest BCUT2D eigenvalue weighted by molar-refractivity contribution is 0.235. The van der Waals surface area contributed by atoms with E-state index >= 15 is 0 Å². The molecule has 2 fully saturated rings. The summed E-state index contributed by atoms with van der Waals surface area (Å²) in [7, 11) is 0. The predicted octanol–water partition coefficient (Wildman–Crippen LogP) is 9.85. The Morgan fingerprint density at radius 3 is 1.19 bits per heavy atom. The Kier molecular flexibility index (Phi) is 13.7. The van der Waals surface area contributed by atoms with E-state index in [0.29, 0.717) is 0 Å². The molecule has 0 amide bonds. The van der Waals surface area contributed by atoms with Crippen molar-refractivity contribution in [2.45, 2.75) is 155 Å². The summed E-state index contributed by atoms with van der Waals surface area (Å²) in [6.07, 6.45) is 34.9. The zero-order valence-electron chi connectivity index (χ0n) is 19.0. The van der Waals surface area contributed by atoms with Gasteiger partial charge in [0, 0.05) is 0 Å². The molecule has 2 aliphatic carbocycles. The fraction of sp³-hybridized carbons (Fsp3) is 1.00. The molecule has 0 heterocycles. The van der Waals surface area contributed by atoms with Gasteiger partial charge in [-0.3, -0.25) is 0 Å². The summed E-state index contributed by atoms with van der Waals surface area (Å²) < 4.78 is 0. The molecule has 2 aliphatic rings. The normalized spacial score (nSPS) is 29.7. The minimum Gasteiger partial charge on any atom is -0.0654 e. The summed E-state index contributed by atoms with van der Waals surface area (Å²) in [6.45, 7) is 2.40. The summed E-state index contributed by atoms with van der Waals surface area (Å²) in [5.41, 5.74) is 0. The van der Waals surface area contributed by atoms with E-state index in [2.05, 4.69) is 6.92 Å². The maximum absolute atomic E-state index is 2.40. The average Bonchev–Trinajstić information content (AvgIpc) is 2.80. The summed E-state index contributed by atoms with van der Waals surface area (Å²) in [6, 6.07) is 0. The van der Waals surface area contributed by atoms with Crippen LogP contribution in [0.3, 0.4) is 0 Å². The van der Waals surface area contributed by atoms with Crippen molar-refractivity contribution < 1.29 is 0 Å². The van der Waals surface area contributed by atoms with Gasteiger partial charge >= 0.3 is 0 Å². The zero-order valence-corrected chi connectivity index (χ0v) is 19.0. The summed E-state index contributed by atoms with van der Waals surface area (Å²) in [4.78, 5) is 0. The van der Waals surface area contributed by atoms with E-state index in [1.54, 1.807) is 25.7 Å². The van der Waals surface area contributed by atoms with Crippen molar-refractivity contribution in [1.82, 2.24) is 0 Å². The van der Waals surface area contributed by atoms with Crippen LogP contribution in [0.4, 0.5) is 0 Å². The van der Waals surface area contributed by atoms with Crippen LogP contribution in [0, 0.1) is 17.8 Å². The molecule has 0 aromatic carbocycles. The highest BCUT2D eigenvalue weighted by Crippen LogP contribution is 2.35. The minimum atomic E-state index is 1.04.